The summed E-state index contributed by atoms with van der Waals surface area (Å²) in [6.07, 6.45) is 3.41. The zero-order valence-electron chi connectivity index (χ0n) is 19.9. The summed E-state index contributed by atoms with van der Waals surface area (Å²) in [7, 11) is 1.97. The highest BCUT2D eigenvalue weighted by Gasteiger charge is 2.15. The number of fused-ring (bicyclic) bond motifs is 2. The van der Waals surface area contributed by atoms with Crippen molar-refractivity contribution < 1.29 is 4.79 Å². The first-order chi connectivity index (χ1) is 18.0. The molecule has 0 unspecified atom stereocenters. The molecular weight excluding hydrogens is 511 g/mol. The smallest absolute Gasteiger partial charge is 0.258 e. The van der Waals surface area contributed by atoms with Gasteiger partial charge in [-0.25, -0.2) is 10.1 Å². The molecule has 3 aromatic carbocycles. The van der Waals surface area contributed by atoms with Gasteiger partial charge in [0.15, 0.2) is 0 Å². The number of hydrogen-bond donors (Lipinski definition) is 2. The van der Waals surface area contributed by atoms with E-state index in [1.54, 1.807) is 12.1 Å². The number of amides is 1. The van der Waals surface area contributed by atoms with Crippen molar-refractivity contribution in [2.24, 2.45) is 12.0 Å². The number of anilines is 1. The van der Waals surface area contributed by atoms with Crippen LogP contribution in [0.4, 0.5) is 11.6 Å². The number of imidazole rings is 1. The Balaban J connectivity index is 1.40. The van der Waals surface area contributed by atoms with Crippen LogP contribution in [0.5, 0.6) is 0 Å². The van der Waals surface area contributed by atoms with E-state index in [9.17, 15) is 4.79 Å². The predicted octanol–water partition coefficient (Wildman–Crippen LogP) is 4.82. The van der Waals surface area contributed by atoms with Crippen LogP contribution < -0.4 is 10.9 Å². The number of benzene rings is 3. The molecule has 2 heterocycles. The Morgan fingerprint density at radius 1 is 1.03 bits per heavy atom. The fraction of sp³-hybridized carbons (Fsp3) is 0.192. The number of hydrogen-bond acceptors (Lipinski definition) is 5. The molecule has 0 aliphatic heterocycles. The minimum absolute atomic E-state index is 0.189. The summed E-state index contributed by atoms with van der Waals surface area (Å²) in [6.45, 7) is 0.521. The fourth-order valence-electron chi connectivity index (χ4n) is 4.78. The molecule has 1 aliphatic carbocycles. The van der Waals surface area contributed by atoms with Crippen molar-refractivity contribution in [3.05, 3.63) is 92.5 Å². The molecular formula is C26H22Cl2N8O. The Bertz CT molecular complexity index is 1700. The summed E-state index contributed by atoms with van der Waals surface area (Å²) >= 11 is 12.8. The monoisotopic (exact) mass is 532 g/mol. The van der Waals surface area contributed by atoms with Crippen LogP contribution in [0.15, 0.2) is 59.6 Å². The third-order valence-electron chi connectivity index (χ3n) is 6.66. The SMILES string of the molecule is Cn1c(=Nc2ccc3c(c2)CCC3)n(Cc2ccc(C(=O)Nc3nnn[nH]3)cc2)c2cc(Cl)c(Cl)cc21. The maximum Gasteiger partial charge on any atom is 0.258 e. The molecule has 186 valence electrons. The van der Waals surface area contributed by atoms with Crippen LogP contribution in [0.25, 0.3) is 11.0 Å². The Kier molecular flexibility index (Phi) is 6.02. The lowest BCUT2D eigenvalue weighted by atomic mass is 10.1. The predicted molar refractivity (Wildman–Crippen MR) is 142 cm³/mol. The van der Waals surface area contributed by atoms with Gasteiger partial charge in [0, 0.05) is 12.6 Å². The second-order valence-electron chi connectivity index (χ2n) is 9.02. The van der Waals surface area contributed by atoms with Crippen molar-refractivity contribution in [1.82, 2.24) is 29.8 Å². The van der Waals surface area contributed by atoms with E-state index in [-0.39, 0.29) is 11.9 Å². The number of aromatic amines is 1. The minimum Gasteiger partial charge on any atom is -0.313 e. The van der Waals surface area contributed by atoms with Gasteiger partial charge in [-0.15, -0.1) is 0 Å². The molecule has 0 bridgehead atoms. The van der Waals surface area contributed by atoms with Crippen molar-refractivity contribution in [2.75, 3.05) is 5.32 Å². The lowest BCUT2D eigenvalue weighted by molar-refractivity contribution is 0.102. The van der Waals surface area contributed by atoms with Gasteiger partial charge in [0.25, 0.3) is 5.91 Å². The maximum atomic E-state index is 12.5. The number of nitrogens with one attached hydrogen (secondary N) is 2. The van der Waals surface area contributed by atoms with Crippen LogP contribution in [0.3, 0.4) is 0 Å². The van der Waals surface area contributed by atoms with Crippen LogP contribution in [-0.4, -0.2) is 35.7 Å². The summed E-state index contributed by atoms with van der Waals surface area (Å²) in [5.41, 5.74) is 7.77. The van der Waals surface area contributed by atoms with Crippen molar-refractivity contribution in [2.45, 2.75) is 25.8 Å². The van der Waals surface area contributed by atoms with Gasteiger partial charge in [0.05, 0.1) is 33.3 Å². The maximum absolute atomic E-state index is 12.5. The molecule has 2 aromatic heterocycles. The second-order valence-corrected chi connectivity index (χ2v) is 9.83. The first-order valence-corrected chi connectivity index (χ1v) is 12.6. The standard InChI is InChI=1S/C26H22Cl2N8O/c1-35-22-12-20(27)21(28)13-23(22)36(26(35)29-19-10-9-16-3-2-4-18(16)11-19)14-15-5-7-17(8-6-15)24(37)30-25-31-33-34-32-25/h5-13H,2-4,14H2,1H3,(H2,30,31,32,33,34,37). The van der Waals surface area contributed by atoms with Gasteiger partial charge in [0.1, 0.15) is 0 Å². The van der Waals surface area contributed by atoms with E-state index in [1.807, 2.05) is 35.9 Å². The lowest BCUT2D eigenvalue weighted by Crippen LogP contribution is -2.24. The highest BCUT2D eigenvalue weighted by molar-refractivity contribution is 6.42. The fourth-order valence-corrected chi connectivity index (χ4v) is 5.09. The van der Waals surface area contributed by atoms with Crippen LogP contribution in [-0.2, 0) is 26.4 Å². The van der Waals surface area contributed by atoms with E-state index >= 15 is 0 Å². The van der Waals surface area contributed by atoms with E-state index in [2.05, 4.69) is 48.7 Å². The van der Waals surface area contributed by atoms with E-state index in [0.717, 1.165) is 40.7 Å². The van der Waals surface area contributed by atoms with E-state index < -0.39 is 0 Å². The number of aromatic nitrogens is 6. The van der Waals surface area contributed by atoms with Gasteiger partial charge >= 0.3 is 0 Å². The van der Waals surface area contributed by atoms with Gasteiger partial charge in [-0.1, -0.05) is 46.5 Å². The van der Waals surface area contributed by atoms with Gasteiger partial charge in [-0.3, -0.25) is 10.1 Å². The number of H-pyrrole nitrogens is 1. The number of carbonyl (C=O) groups excluding carboxylic acids is 1. The molecule has 11 heteroatoms. The second kappa shape index (κ2) is 9.49. The molecule has 0 atom stereocenters. The van der Waals surface area contributed by atoms with Gasteiger partial charge in [-0.05, 0) is 82.8 Å². The molecule has 0 fully saturated rings. The average Bonchev–Trinajstić information content (AvgIpc) is 3.63. The topological polar surface area (TPSA) is 106 Å². The summed E-state index contributed by atoms with van der Waals surface area (Å²) < 4.78 is 4.14. The summed E-state index contributed by atoms with van der Waals surface area (Å²) in [4.78, 5) is 17.5. The van der Waals surface area contributed by atoms with Crippen LogP contribution in [0.1, 0.15) is 33.5 Å². The third kappa shape index (κ3) is 4.52. The van der Waals surface area contributed by atoms with Gasteiger partial charge in [0.2, 0.25) is 11.6 Å². The first kappa shape index (κ1) is 23.4. The van der Waals surface area contributed by atoms with Crippen LogP contribution >= 0.6 is 23.2 Å². The summed E-state index contributed by atoms with van der Waals surface area (Å²) in [5.74, 6) is -0.120. The number of carbonyl (C=O) groups is 1. The number of aryl methyl sites for hydroxylation is 3. The third-order valence-corrected chi connectivity index (χ3v) is 7.38. The first-order valence-electron chi connectivity index (χ1n) is 11.8. The largest absolute Gasteiger partial charge is 0.313 e. The van der Waals surface area contributed by atoms with Gasteiger partial charge in [-0.2, -0.15) is 0 Å². The van der Waals surface area contributed by atoms with Crippen LogP contribution in [0.2, 0.25) is 10.0 Å². The molecule has 37 heavy (non-hydrogen) atoms. The molecule has 1 aliphatic rings. The van der Waals surface area contributed by atoms with Crippen molar-refractivity contribution in [3.8, 4) is 0 Å². The number of tetrazole rings is 1. The molecule has 1 amide bonds. The molecule has 0 spiro atoms. The zero-order chi connectivity index (χ0) is 25.5. The quantitative estimate of drug-likeness (QED) is 0.338. The van der Waals surface area contributed by atoms with Gasteiger partial charge < -0.3 is 9.13 Å². The minimum atomic E-state index is -0.309. The summed E-state index contributed by atoms with van der Waals surface area (Å²) in [5, 5.41) is 16.7. The Morgan fingerprint density at radius 3 is 2.54 bits per heavy atom. The number of rotatable bonds is 5. The Morgan fingerprint density at radius 2 is 1.78 bits per heavy atom. The van der Waals surface area contributed by atoms with E-state index in [1.165, 1.54) is 17.5 Å². The molecule has 9 nitrogen and oxygen atoms in total. The van der Waals surface area contributed by atoms with Crippen LogP contribution in [0, 0.1) is 0 Å². The molecule has 6 rings (SSSR count). The normalized spacial score (nSPS) is 13.3. The summed E-state index contributed by atoms with van der Waals surface area (Å²) in [6, 6.07) is 17.5. The lowest BCUT2D eigenvalue weighted by Gasteiger charge is -2.08. The molecule has 0 saturated heterocycles. The molecule has 5 aromatic rings. The van der Waals surface area contributed by atoms with E-state index in [4.69, 9.17) is 28.2 Å². The number of nitrogens with zero attached hydrogens (tertiary/aromatic N) is 6. The Labute approximate surface area is 221 Å². The highest BCUT2D eigenvalue weighted by atomic mass is 35.5. The van der Waals surface area contributed by atoms with Crippen molar-refractivity contribution in [3.63, 3.8) is 0 Å². The zero-order valence-corrected chi connectivity index (χ0v) is 21.4. The molecule has 0 radical (unpaired) electrons. The average molecular weight is 533 g/mol. The van der Waals surface area contributed by atoms with E-state index in [0.29, 0.717) is 22.2 Å². The Hall–Kier alpha value is -3.95. The van der Waals surface area contributed by atoms with Crippen molar-refractivity contribution >= 4 is 51.8 Å². The highest BCUT2D eigenvalue weighted by Crippen LogP contribution is 2.29. The molecule has 2 N–H and O–H groups in total. The van der Waals surface area contributed by atoms with Crippen molar-refractivity contribution in [1.29, 1.82) is 0 Å². The number of halogens is 2. The molecule has 0 saturated carbocycles.